The largest absolute Gasteiger partial charge is 0.478 e. The number of fused-ring (bicyclic) bond motifs is 1. The number of para-hydroxylation sites is 1. The quantitative estimate of drug-likeness (QED) is 0.371. The number of carboxylic acid groups (broad SMARTS) is 1. The van der Waals surface area contributed by atoms with E-state index in [2.05, 4.69) is 5.32 Å². The van der Waals surface area contributed by atoms with Gasteiger partial charge in [0.05, 0.1) is 17.0 Å². The average molecular weight is 494 g/mol. The van der Waals surface area contributed by atoms with Crippen molar-refractivity contribution in [3.05, 3.63) is 105 Å². The number of carbonyl (C=O) groups is 1. The molecule has 1 heterocycles. The van der Waals surface area contributed by atoms with Crippen molar-refractivity contribution >= 4 is 28.2 Å². The lowest BCUT2D eigenvalue weighted by molar-refractivity contribution is 0.0698. The predicted octanol–water partition coefficient (Wildman–Crippen LogP) is 7.53. The van der Waals surface area contributed by atoms with Gasteiger partial charge in [0, 0.05) is 22.9 Å². The Bertz CT molecular complexity index is 1420. The van der Waals surface area contributed by atoms with E-state index < -0.39 is 18.4 Å². The van der Waals surface area contributed by atoms with Crippen LogP contribution in [-0.2, 0) is 0 Å². The van der Waals surface area contributed by atoms with E-state index in [1.807, 2.05) is 33.8 Å². The Labute approximate surface area is 208 Å². The van der Waals surface area contributed by atoms with Crippen molar-refractivity contribution < 1.29 is 23.1 Å². The summed E-state index contributed by atoms with van der Waals surface area (Å²) >= 11 is 0. The summed E-state index contributed by atoms with van der Waals surface area (Å²) in [6, 6.07) is 11.2. The van der Waals surface area contributed by atoms with Crippen LogP contribution in [0, 0.1) is 6.92 Å². The van der Waals surface area contributed by atoms with Crippen LogP contribution in [0.3, 0.4) is 0 Å². The van der Waals surface area contributed by atoms with Crippen LogP contribution in [0.5, 0.6) is 0 Å². The summed E-state index contributed by atoms with van der Waals surface area (Å²) in [6.45, 7) is 7.71. The first-order valence-corrected chi connectivity index (χ1v) is 11.8. The number of aromatic carboxylic acids is 1. The maximum atomic E-state index is 13.1. The van der Waals surface area contributed by atoms with Gasteiger partial charge in [-0.2, -0.15) is 0 Å². The number of nitrogens with one attached hydrogen (secondary N) is 1. The summed E-state index contributed by atoms with van der Waals surface area (Å²) in [5.74, 6) is -0.775. The van der Waals surface area contributed by atoms with Gasteiger partial charge in [-0.25, -0.2) is 13.6 Å². The molecule has 36 heavy (non-hydrogen) atoms. The minimum atomic E-state index is -2.56. The second-order valence-corrected chi connectivity index (χ2v) is 8.19. The topological polar surface area (TPSA) is 79.5 Å². The van der Waals surface area contributed by atoms with E-state index in [1.165, 1.54) is 24.3 Å². The summed E-state index contributed by atoms with van der Waals surface area (Å²) in [6.07, 6.45) is 3.63. The molecule has 0 fully saturated rings. The Hall–Kier alpha value is -4.00. The minimum Gasteiger partial charge on any atom is -0.478 e. The Morgan fingerprint density at radius 1 is 1.14 bits per heavy atom. The minimum absolute atomic E-state index is 0.0133. The zero-order valence-electron chi connectivity index (χ0n) is 20.6. The second kappa shape index (κ2) is 11.6. The number of alkyl halides is 2. The summed E-state index contributed by atoms with van der Waals surface area (Å²) in [4.78, 5) is 24.6. The first kappa shape index (κ1) is 26.6. The number of anilines is 1. The Balaban J connectivity index is 0.00000176. The summed E-state index contributed by atoms with van der Waals surface area (Å²) in [7, 11) is 0. The van der Waals surface area contributed by atoms with Crippen LogP contribution in [0.4, 0.5) is 14.5 Å². The second-order valence-electron chi connectivity index (χ2n) is 8.19. The van der Waals surface area contributed by atoms with Gasteiger partial charge in [0.15, 0.2) is 5.43 Å². The van der Waals surface area contributed by atoms with Crippen LogP contribution in [0.25, 0.3) is 16.5 Å². The number of aryl methyl sites for hydroxylation is 1. The van der Waals surface area contributed by atoms with Gasteiger partial charge >= 0.3 is 5.97 Å². The highest BCUT2D eigenvalue weighted by Gasteiger charge is 2.19. The SMILES string of the molecule is CC.Cc1cc(C(C)Nc2ccccc2C(=O)O)c2oc(C3=CCC(C(F)F)=CC=C3)cc(=O)c2c1. The van der Waals surface area contributed by atoms with Crippen LogP contribution in [-0.4, -0.2) is 17.5 Å². The third-order valence-electron chi connectivity index (χ3n) is 5.71. The number of carboxylic acids is 1. The third kappa shape index (κ3) is 5.79. The third-order valence-corrected chi connectivity index (χ3v) is 5.71. The van der Waals surface area contributed by atoms with E-state index >= 15 is 0 Å². The first-order valence-electron chi connectivity index (χ1n) is 11.8. The fourth-order valence-corrected chi connectivity index (χ4v) is 3.99. The molecule has 0 saturated heterocycles. The highest BCUT2D eigenvalue weighted by Crippen LogP contribution is 2.31. The van der Waals surface area contributed by atoms with Gasteiger partial charge < -0.3 is 14.8 Å². The van der Waals surface area contributed by atoms with E-state index in [1.54, 1.807) is 36.4 Å². The molecule has 7 heteroatoms. The normalized spacial score (nSPS) is 13.9. The van der Waals surface area contributed by atoms with E-state index in [0.29, 0.717) is 27.8 Å². The van der Waals surface area contributed by atoms with Gasteiger partial charge in [-0.1, -0.05) is 56.4 Å². The summed E-state index contributed by atoms with van der Waals surface area (Å²) < 4.78 is 32.4. The molecule has 2 aromatic carbocycles. The fraction of sp³-hybridized carbons (Fsp3) is 0.241. The van der Waals surface area contributed by atoms with Gasteiger partial charge in [-0.15, -0.1) is 0 Å². The van der Waals surface area contributed by atoms with Crippen LogP contribution in [0.1, 0.15) is 60.5 Å². The smallest absolute Gasteiger partial charge is 0.337 e. The standard InChI is InChI=1S/C27H23F2NO4.C2H6/c1-15-12-20(16(2)30-22-9-4-3-8-19(22)27(32)33)25-21(13-15)23(31)14-24(34-25)17-6-5-7-18(11-10-17)26(28)29;1-2/h3-10,12-14,16,26,30H,11H2,1-2H3,(H,32,33);1-2H3. The number of rotatable bonds is 6. The first-order chi connectivity index (χ1) is 17.2. The molecular formula is C29H29F2NO4. The van der Waals surface area contributed by atoms with Crippen LogP contribution < -0.4 is 10.7 Å². The predicted molar refractivity (Wildman–Crippen MR) is 140 cm³/mol. The van der Waals surface area contributed by atoms with Crippen molar-refractivity contribution in [2.45, 2.75) is 46.6 Å². The molecule has 0 radical (unpaired) electrons. The molecule has 1 atom stereocenters. The number of benzene rings is 2. The van der Waals surface area contributed by atoms with E-state index in [9.17, 15) is 23.5 Å². The molecular weight excluding hydrogens is 464 g/mol. The van der Waals surface area contributed by atoms with Crippen molar-refractivity contribution in [3.8, 4) is 0 Å². The number of hydrogen-bond acceptors (Lipinski definition) is 4. The van der Waals surface area contributed by atoms with Gasteiger partial charge in [0.25, 0.3) is 6.43 Å². The van der Waals surface area contributed by atoms with E-state index in [4.69, 9.17) is 4.42 Å². The lowest BCUT2D eigenvalue weighted by Crippen LogP contribution is -2.12. The molecule has 0 bridgehead atoms. The van der Waals surface area contributed by atoms with Gasteiger partial charge in [-0.3, -0.25) is 4.79 Å². The Kier molecular flexibility index (Phi) is 8.59. The zero-order chi connectivity index (χ0) is 26.4. The molecule has 4 rings (SSSR count). The molecule has 0 amide bonds. The molecule has 188 valence electrons. The van der Waals surface area contributed by atoms with Crippen molar-refractivity contribution in [1.82, 2.24) is 0 Å². The lowest BCUT2D eigenvalue weighted by atomic mass is 10.00. The lowest BCUT2D eigenvalue weighted by Gasteiger charge is -2.19. The zero-order valence-corrected chi connectivity index (χ0v) is 20.6. The summed E-state index contributed by atoms with van der Waals surface area (Å²) in [5, 5.41) is 13.1. The maximum Gasteiger partial charge on any atom is 0.337 e. The van der Waals surface area contributed by atoms with Crippen molar-refractivity contribution in [1.29, 1.82) is 0 Å². The highest BCUT2D eigenvalue weighted by atomic mass is 19.3. The van der Waals surface area contributed by atoms with Crippen LogP contribution >= 0.6 is 0 Å². The monoisotopic (exact) mass is 493 g/mol. The molecule has 5 nitrogen and oxygen atoms in total. The number of allylic oxidation sites excluding steroid dienone is 6. The molecule has 0 spiro atoms. The molecule has 1 aliphatic carbocycles. The molecule has 1 unspecified atom stereocenters. The van der Waals surface area contributed by atoms with Crippen LogP contribution in [0.15, 0.2) is 81.6 Å². The Morgan fingerprint density at radius 2 is 1.86 bits per heavy atom. The Morgan fingerprint density at radius 3 is 2.56 bits per heavy atom. The van der Waals surface area contributed by atoms with Crippen molar-refractivity contribution in [2.24, 2.45) is 0 Å². The maximum absolute atomic E-state index is 13.1. The van der Waals surface area contributed by atoms with Gasteiger partial charge in [0.2, 0.25) is 0 Å². The molecule has 3 aromatic rings. The highest BCUT2D eigenvalue weighted by molar-refractivity contribution is 5.94. The van der Waals surface area contributed by atoms with E-state index in [-0.39, 0.29) is 28.7 Å². The summed E-state index contributed by atoms with van der Waals surface area (Å²) in [5.41, 5.74) is 2.73. The van der Waals surface area contributed by atoms with Crippen molar-refractivity contribution in [2.75, 3.05) is 5.32 Å². The molecule has 0 aliphatic heterocycles. The molecule has 2 N–H and O–H groups in total. The van der Waals surface area contributed by atoms with Crippen molar-refractivity contribution in [3.63, 3.8) is 0 Å². The van der Waals surface area contributed by atoms with Crippen LogP contribution in [0.2, 0.25) is 0 Å². The molecule has 1 aromatic heterocycles. The number of hydrogen-bond donors (Lipinski definition) is 2. The fourth-order valence-electron chi connectivity index (χ4n) is 3.99. The molecule has 0 saturated carbocycles. The van der Waals surface area contributed by atoms with E-state index in [0.717, 1.165) is 5.56 Å². The van der Waals surface area contributed by atoms with Gasteiger partial charge in [0.1, 0.15) is 11.3 Å². The van der Waals surface area contributed by atoms with Gasteiger partial charge in [-0.05, 0) is 49.6 Å². The molecule has 1 aliphatic rings. The number of halogens is 2. The average Bonchev–Trinajstić information content (AvgIpc) is 3.12.